The predicted molar refractivity (Wildman–Crippen MR) is 72.2 cm³/mol. The number of nitrogens with one attached hydrogen (secondary N) is 1. The molecule has 1 aliphatic heterocycles. The van der Waals surface area contributed by atoms with E-state index >= 15 is 0 Å². The Morgan fingerprint density at radius 1 is 1.23 bits per heavy atom. The van der Waals surface area contributed by atoms with Gasteiger partial charge in [0.1, 0.15) is 5.75 Å². The Bertz CT molecular complexity index is 543. The second-order valence-electron chi connectivity index (χ2n) is 4.89. The van der Waals surface area contributed by atoms with Gasteiger partial charge in [-0.25, -0.2) is 0 Å². The number of halogens is 3. The molecule has 1 N–H and O–H groups in total. The molecule has 0 spiro atoms. The Hall–Kier alpha value is -2.25. The smallest absolute Gasteiger partial charge is 0.406 e. The fourth-order valence-corrected chi connectivity index (χ4v) is 2.14. The van der Waals surface area contributed by atoms with E-state index in [1.54, 1.807) is 0 Å². The molecule has 22 heavy (non-hydrogen) atoms. The van der Waals surface area contributed by atoms with Crippen LogP contribution >= 0.6 is 0 Å². The van der Waals surface area contributed by atoms with E-state index in [2.05, 4.69) is 10.1 Å². The maximum atomic E-state index is 12.0. The van der Waals surface area contributed by atoms with Gasteiger partial charge in [-0.05, 0) is 37.1 Å². The quantitative estimate of drug-likeness (QED) is 0.928. The van der Waals surface area contributed by atoms with Gasteiger partial charge in [-0.3, -0.25) is 9.59 Å². The molecule has 1 aliphatic rings. The Balaban J connectivity index is 1.87. The van der Waals surface area contributed by atoms with Crippen LogP contribution in [0.4, 0.5) is 18.9 Å². The molecule has 0 radical (unpaired) electrons. The molecule has 0 bridgehead atoms. The van der Waals surface area contributed by atoms with Crippen LogP contribution in [0.25, 0.3) is 0 Å². The molecule has 1 heterocycles. The van der Waals surface area contributed by atoms with Crippen molar-refractivity contribution in [3.63, 3.8) is 0 Å². The molecular formula is C14H15F3N2O3. The molecule has 1 fully saturated rings. The van der Waals surface area contributed by atoms with Gasteiger partial charge in [0, 0.05) is 18.7 Å². The average Bonchev–Trinajstić information content (AvgIpc) is 2.42. The Morgan fingerprint density at radius 3 is 2.50 bits per heavy atom. The van der Waals surface area contributed by atoms with Gasteiger partial charge in [-0.2, -0.15) is 0 Å². The van der Waals surface area contributed by atoms with E-state index in [-0.39, 0.29) is 24.1 Å². The van der Waals surface area contributed by atoms with Gasteiger partial charge in [-0.15, -0.1) is 13.2 Å². The molecule has 5 nitrogen and oxygen atoms in total. The lowest BCUT2D eigenvalue weighted by molar-refractivity contribution is -0.274. The molecule has 1 saturated heterocycles. The van der Waals surface area contributed by atoms with Crippen molar-refractivity contribution < 1.29 is 27.5 Å². The fourth-order valence-electron chi connectivity index (χ4n) is 2.14. The third kappa shape index (κ3) is 4.94. The average molecular weight is 316 g/mol. The van der Waals surface area contributed by atoms with E-state index in [1.807, 2.05) is 0 Å². The number of alkyl halides is 3. The summed E-state index contributed by atoms with van der Waals surface area (Å²) in [6, 6.07) is 4.82. The van der Waals surface area contributed by atoms with Gasteiger partial charge in [-0.1, -0.05) is 0 Å². The topological polar surface area (TPSA) is 58.6 Å². The fraction of sp³-hybridized carbons (Fsp3) is 0.429. The van der Waals surface area contributed by atoms with Crippen molar-refractivity contribution in [2.45, 2.75) is 25.6 Å². The van der Waals surface area contributed by atoms with Crippen LogP contribution < -0.4 is 10.1 Å². The number of amides is 2. The highest BCUT2D eigenvalue weighted by Crippen LogP contribution is 2.24. The number of piperidine rings is 1. The summed E-state index contributed by atoms with van der Waals surface area (Å²) < 4.78 is 39.8. The third-order valence-electron chi connectivity index (χ3n) is 3.13. The van der Waals surface area contributed by atoms with E-state index in [0.29, 0.717) is 18.7 Å². The van der Waals surface area contributed by atoms with Gasteiger partial charge in [0.2, 0.25) is 11.8 Å². The Kier molecular flexibility index (Phi) is 4.89. The van der Waals surface area contributed by atoms with Crippen LogP contribution in [-0.4, -0.2) is 36.2 Å². The van der Waals surface area contributed by atoms with Crippen molar-refractivity contribution in [1.29, 1.82) is 0 Å². The zero-order chi connectivity index (χ0) is 16.2. The molecule has 1 aromatic rings. The van der Waals surface area contributed by atoms with Crippen molar-refractivity contribution in [2.75, 3.05) is 18.4 Å². The van der Waals surface area contributed by atoms with Crippen LogP contribution in [0.15, 0.2) is 24.3 Å². The molecule has 1 aromatic carbocycles. The number of nitrogens with zero attached hydrogens (tertiary/aromatic N) is 1. The van der Waals surface area contributed by atoms with E-state index in [0.717, 1.165) is 25.0 Å². The summed E-state index contributed by atoms with van der Waals surface area (Å²) in [6.07, 6.45) is -2.61. The number of rotatable bonds is 4. The number of hydrogen-bond donors (Lipinski definition) is 1. The highest BCUT2D eigenvalue weighted by molar-refractivity contribution is 5.94. The van der Waals surface area contributed by atoms with E-state index in [9.17, 15) is 22.8 Å². The Labute approximate surface area is 125 Å². The molecule has 0 atom stereocenters. The number of benzene rings is 1. The summed E-state index contributed by atoms with van der Waals surface area (Å²) >= 11 is 0. The van der Waals surface area contributed by atoms with Gasteiger partial charge < -0.3 is 15.0 Å². The maximum absolute atomic E-state index is 12.0. The van der Waals surface area contributed by atoms with Crippen LogP contribution in [0.1, 0.15) is 19.3 Å². The maximum Gasteiger partial charge on any atom is 0.573 e. The molecule has 2 amide bonds. The van der Waals surface area contributed by atoms with E-state index in [1.165, 1.54) is 17.0 Å². The summed E-state index contributed by atoms with van der Waals surface area (Å²) in [5, 5.41) is 2.53. The monoisotopic (exact) mass is 316 g/mol. The van der Waals surface area contributed by atoms with Crippen LogP contribution in [0.3, 0.4) is 0 Å². The standard InChI is InChI=1S/C14H15F3N2O3/c15-14(16,17)22-11-6-4-10(5-7-11)18-12(20)9-19-8-2-1-3-13(19)21/h4-7H,1-3,8-9H2,(H,18,20). The summed E-state index contributed by atoms with van der Waals surface area (Å²) in [4.78, 5) is 24.9. The van der Waals surface area contributed by atoms with Crippen LogP contribution in [0.5, 0.6) is 5.75 Å². The molecular weight excluding hydrogens is 301 g/mol. The minimum absolute atomic E-state index is 0.0559. The third-order valence-corrected chi connectivity index (χ3v) is 3.13. The molecule has 0 saturated carbocycles. The van der Waals surface area contributed by atoms with Crippen molar-refractivity contribution in [2.24, 2.45) is 0 Å². The van der Waals surface area contributed by atoms with E-state index < -0.39 is 6.36 Å². The lowest BCUT2D eigenvalue weighted by Gasteiger charge is -2.25. The van der Waals surface area contributed by atoms with Crippen molar-refractivity contribution in [3.05, 3.63) is 24.3 Å². The van der Waals surface area contributed by atoms with Crippen LogP contribution in [0.2, 0.25) is 0 Å². The number of carbonyl (C=O) groups excluding carboxylic acids is 2. The zero-order valence-electron chi connectivity index (χ0n) is 11.7. The predicted octanol–water partition coefficient (Wildman–Crippen LogP) is 2.54. The second-order valence-corrected chi connectivity index (χ2v) is 4.89. The highest BCUT2D eigenvalue weighted by atomic mass is 19.4. The molecule has 120 valence electrons. The van der Waals surface area contributed by atoms with Crippen molar-refractivity contribution in [3.8, 4) is 5.75 Å². The lowest BCUT2D eigenvalue weighted by atomic mass is 10.1. The number of anilines is 1. The first-order chi connectivity index (χ1) is 10.3. The molecule has 2 rings (SSSR count). The molecule has 8 heteroatoms. The number of ether oxygens (including phenoxy) is 1. The largest absolute Gasteiger partial charge is 0.573 e. The first-order valence-corrected chi connectivity index (χ1v) is 6.77. The molecule has 0 aromatic heterocycles. The number of likely N-dealkylation sites (tertiary alicyclic amines) is 1. The minimum Gasteiger partial charge on any atom is -0.406 e. The Morgan fingerprint density at radius 2 is 1.91 bits per heavy atom. The van der Waals surface area contributed by atoms with Gasteiger partial charge >= 0.3 is 6.36 Å². The minimum atomic E-state index is -4.75. The normalized spacial score (nSPS) is 15.6. The lowest BCUT2D eigenvalue weighted by Crippen LogP contribution is -2.40. The van der Waals surface area contributed by atoms with Gasteiger partial charge in [0.15, 0.2) is 0 Å². The summed E-state index contributed by atoms with van der Waals surface area (Å²) in [5.41, 5.74) is 0.337. The number of hydrogen-bond acceptors (Lipinski definition) is 3. The SMILES string of the molecule is O=C(CN1CCCCC1=O)Nc1ccc(OC(F)(F)F)cc1. The van der Waals surface area contributed by atoms with Crippen LogP contribution in [0, 0.1) is 0 Å². The molecule has 0 unspecified atom stereocenters. The van der Waals surface area contributed by atoms with Crippen LogP contribution in [-0.2, 0) is 9.59 Å². The second kappa shape index (κ2) is 6.67. The van der Waals surface area contributed by atoms with Gasteiger partial charge in [0.25, 0.3) is 0 Å². The van der Waals surface area contributed by atoms with E-state index in [4.69, 9.17) is 0 Å². The number of carbonyl (C=O) groups is 2. The summed E-state index contributed by atoms with van der Waals surface area (Å²) in [7, 11) is 0. The molecule has 0 aliphatic carbocycles. The van der Waals surface area contributed by atoms with Gasteiger partial charge in [0.05, 0.1) is 6.54 Å². The highest BCUT2D eigenvalue weighted by Gasteiger charge is 2.31. The zero-order valence-corrected chi connectivity index (χ0v) is 11.7. The first-order valence-electron chi connectivity index (χ1n) is 6.77. The first kappa shape index (κ1) is 16.1. The van der Waals surface area contributed by atoms with Crippen molar-refractivity contribution >= 4 is 17.5 Å². The summed E-state index contributed by atoms with van der Waals surface area (Å²) in [5.74, 6) is -0.813. The van der Waals surface area contributed by atoms with Crippen molar-refractivity contribution in [1.82, 2.24) is 4.90 Å². The summed E-state index contributed by atoms with van der Waals surface area (Å²) in [6.45, 7) is 0.490.